The maximum absolute atomic E-state index is 13.2. The van der Waals surface area contributed by atoms with Crippen molar-refractivity contribution in [3.8, 4) is 0 Å². The average molecular weight is 506 g/mol. The lowest BCUT2D eigenvalue weighted by molar-refractivity contribution is -0.142. The number of carbonyl (C=O) groups excluding carboxylic acids is 3. The second kappa shape index (κ2) is 15.9. The lowest BCUT2D eigenvalue weighted by Crippen LogP contribution is -2.59. The second-order valence-corrected chi connectivity index (χ2v) is 9.90. The number of carbonyl (C=O) groups is 4. The topological polar surface area (TPSA) is 177 Å². The van der Waals surface area contributed by atoms with Crippen molar-refractivity contribution < 1.29 is 24.3 Å². The Morgan fingerprint density at radius 3 is 2.00 bits per heavy atom. The van der Waals surface area contributed by atoms with Gasteiger partial charge in [-0.25, -0.2) is 4.79 Å². The first-order valence-electron chi connectivity index (χ1n) is 12.6. The van der Waals surface area contributed by atoms with Gasteiger partial charge in [0.25, 0.3) is 0 Å². The molecule has 10 nitrogen and oxygen atoms in total. The predicted octanol–water partition coefficient (Wildman–Crippen LogP) is 0.927. The van der Waals surface area contributed by atoms with Crippen molar-refractivity contribution in [2.75, 3.05) is 6.54 Å². The van der Waals surface area contributed by atoms with Crippen LogP contribution in [0.2, 0.25) is 0 Å². The molecular formula is C26H43N5O5. The van der Waals surface area contributed by atoms with Gasteiger partial charge in [0.2, 0.25) is 17.7 Å². The monoisotopic (exact) mass is 505 g/mol. The van der Waals surface area contributed by atoms with Crippen molar-refractivity contribution in [1.29, 1.82) is 0 Å². The molecule has 36 heavy (non-hydrogen) atoms. The minimum Gasteiger partial charge on any atom is -0.480 e. The van der Waals surface area contributed by atoms with Gasteiger partial charge in [-0.1, -0.05) is 64.4 Å². The highest BCUT2D eigenvalue weighted by Crippen LogP contribution is 2.10. The predicted molar refractivity (Wildman–Crippen MR) is 139 cm³/mol. The summed E-state index contributed by atoms with van der Waals surface area (Å²) in [6, 6.07) is 5.28. The molecule has 1 aromatic carbocycles. The van der Waals surface area contributed by atoms with Gasteiger partial charge in [-0.3, -0.25) is 14.4 Å². The Morgan fingerprint density at radius 2 is 1.47 bits per heavy atom. The summed E-state index contributed by atoms with van der Waals surface area (Å²) in [5.74, 6) is -2.97. The first kappa shape index (κ1) is 31.1. The van der Waals surface area contributed by atoms with E-state index in [1.165, 1.54) is 0 Å². The number of carboxylic acids is 1. The quantitative estimate of drug-likeness (QED) is 0.181. The van der Waals surface area contributed by atoms with Crippen LogP contribution in [0.1, 0.15) is 58.9 Å². The zero-order valence-electron chi connectivity index (χ0n) is 21.8. The van der Waals surface area contributed by atoms with E-state index in [-0.39, 0.29) is 24.7 Å². The Kier molecular flexibility index (Phi) is 13.7. The summed E-state index contributed by atoms with van der Waals surface area (Å²) < 4.78 is 0. The Labute approximate surface area is 213 Å². The molecule has 1 aromatic rings. The molecule has 0 saturated carbocycles. The summed E-state index contributed by atoms with van der Waals surface area (Å²) in [4.78, 5) is 50.6. The van der Waals surface area contributed by atoms with Crippen molar-refractivity contribution in [3.05, 3.63) is 35.9 Å². The van der Waals surface area contributed by atoms with Crippen LogP contribution in [0.5, 0.6) is 0 Å². The molecule has 0 radical (unpaired) electrons. The molecule has 0 spiro atoms. The highest BCUT2D eigenvalue weighted by Gasteiger charge is 2.32. The van der Waals surface area contributed by atoms with Crippen LogP contribution in [-0.2, 0) is 25.6 Å². The molecule has 4 atom stereocenters. The number of nitrogens with one attached hydrogen (secondary N) is 3. The Morgan fingerprint density at radius 1 is 0.861 bits per heavy atom. The third-order valence-electron chi connectivity index (χ3n) is 5.79. The number of rotatable bonds is 16. The molecule has 0 aliphatic heterocycles. The summed E-state index contributed by atoms with van der Waals surface area (Å²) in [7, 11) is 0. The zero-order valence-corrected chi connectivity index (χ0v) is 21.8. The molecule has 4 unspecified atom stereocenters. The lowest BCUT2D eigenvalue weighted by atomic mass is 9.99. The highest BCUT2D eigenvalue weighted by atomic mass is 16.4. The Balaban J connectivity index is 3.03. The lowest BCUT2D eigenvalue weighted by Gasteiger charge is -2.27. The van der Waals surface area contributed by atoms with Crippen LogP contribution in [0.15, 0.2) is 30.3 Å². The van der Waals surface area contributed by atoms with Gasteiger partial charge in [-0.15, -0.1) is 0 Å². The van der Waals surface area contributed by atoms with Gasteiger partial charge in [0, 0.05) is 6.42 Å². The molecular weight excluding hydrogens is 462 g/mol. The van der Waals surface area contributed by atoms with E-state index < -0.39 is 47.9 Å². The van der Waals surface area contributed by atoms with Gasteiger partial charge >= 0.3 is 5.97 Å². The largest absolute Gasteiger partial charge is 0.480 e. The number of unbranched alkanes of at least 4 members (excludes halogenated alkanes) is 1. The number of aliphatic carboxylic acids is 1. The van der Waals surface area contributed by atoms with Crippen LogP contribution in [-0.4, -0.2) is 59.5 Å². The molecule has 0 aliphatic carbocycles. The molecule has 10 heteroatoms. The summed E-state index contributed by atoms with van der Waals surface area (Å²) in [6.45, 7) is 7.79. The van der Waals surface area contributed by atoms with Gasteiger partial charge in [0.15, 0.2) is 0 Å². The van der Waals surface area contributed by atoms with Crippen molar-refractivity contribution in [2.24, 2.45) is 23.3 Å². The number of carboxylic acid groups (broad SMARTS) is 1. The molecule has 0 bridgehead atoms. The number of amides is 3. The SMILES string of the molecule is CC(C)CC(NC(=O)C(Cc1ccccc1)NC(=O)C(NC(=O)C(N)CCCCN)C(C)C)C(=O)O. The van der Waals surface area contributed by atoms with E-state index >= 15 is 0 Å². The summed E-state index contributed by atoms with van der Waals surface area (Å²) >= 11 is 0. The third kappa shape index (κ3) is 11.2. The van der Waals surface area contributed by atoms with Gasteiger partial charge in [-0.2, -0.15) is 0 Å². The maximum Gasteiger partial charge on any atom is 0.326 e. The van der Waals surface area contributed by atoms with Crippen LogP contribution in [0.25, 0.3) is 0 Å². The standard InChI is InChI=1S/C26H43N5O5/c1-16(2)14-21(26(35)36)30-24(33)20(15-18-10-6-5-7-11-18)29-25(34)22(17(3)4)31-23(32)19(28)12-8-9-13-27/h5-7,10-11,16-17,19-22H,8-9,12-15,27-28H2,1-4H3,(H,29,34)(H,30,33)(H,31,32)(H,35,36). The average Bonchev–Trinajstić information content (AvgIpc) is 2.81. The molecule has 3 amide bonds. The van der Waals surface area contributed by atoms with Crippen molar-refractivity contribution in [2.45, 2.75) is 84.0 Å². The van der Waals surface area contributed by atoms with Crippen molar-refractivity contribution >= 4 is 23.7 Å². The van der Waals surface area contributed by atoms with Gasteiger partial charge in [0.05, 0.1) is 6.04 Å². The first-order chi connectivity index (χ1) is 17.0. The molecule has 0 saturated heterocycles. The number of nitrogens with two attached hydrogens (primary N) is 2. The molecule has 0 heterocycles. The molecule has 0 aromatic heterocycles. The zero-order chi connectivity index (χ0) is 27.3. The molecule has 202 valence electrons. The fourth-order valence-corrected chi connectivity index (χ4v) is 3.72. The number of benzene rings is 1. The fraction of sp³-hybridized carbons (Fsp3) is 0.615. The smallest absolute Gasteiger partial charge is 0.326 e. The van der Waals surface area contributed by atoms with Crippen molar-refractivity contribution in [1.82, 2.24) is 16.0 Å². The minimum atomic E-state index is -1.14. The molecule has 0 aliphatic rings. The Bertz CT molecular complexity index is 846. The van der Waals surface area contributed by atoms with E-state index in [1.807, 2.05) is 44.2 Å². The number of hydrogen-bond donors (Lipinski definition) is 6. The minimum absolute atomic E-state index is 0.0446. The van der Waals surface area contributed by atoms with Crippen molar-refractivity contribution in [3.63, 3.8) is 0 Å². The van der Waals surface area contributed by atoms with E-state index in [0.29, 0.717) is 19.4 Å². The highest BCUT2D eigenvalue weighted by molar-refractivity contribution is 5.94. The third-order valence-corrected chi connectivity index (χ3v) is 5.79. The van der Waals surface area contributed by atoms with Gasteiger partial charge in [-0.05, 0) is 43.2 Å². The van der Waals surface area contributed by atoms with E-state index in [0.717, 1.165) is 12.0 Å². The first-order valence-corrected chi connectivity index (χ1v) is 12.6. The van der Waals surface area contributed by atoms with E-state index in [2.05, 4.69) is 16.0 Å². The fourth-order valence-electron chi connectivity index (χ4n) is 3.72. The van der Waals surface area contributed by atoms with E-state index in [9.17, 15) is 24.3 Å². The molecule has 8 N–H and O–H groups in total. The molecule has 0 fully saturated rings. The van der Waals surface area contributed by atoms with Crippen LogP contribution >= 0.6 is 0 Å². The van der Waals surface area contributed by atoms with E-state index in [4.69, 9.17) is 11.5 Å². The van der Waals surface area contributed by atoms with Crippen LogP contribution in [0, 0.1) is 11.8 Å². The maximum atomic E-state index is 13.2. The van der Waals surface area contributed by atoms with Crippen LogP contribution in [0.3, 0.4) is 0 Å². The second-order valence-electron chi connectivity index (χ2n) is 9.90. The molecule has 1 rings (SSSR count). The van der Waals surface area contributed by atoms with E-state index in [1.54, 1.807) is 13.8 Å². The summed E-state index contributed by atoms with van der Waals surface area (Å²) in [5, 5.41) is 17.5. The number of hydrogen-bond acceptors (Lipinski definition) is 6. The van der Waals surface area contributed by atoms with Crippen LogP contribution < -0.4 is 27.4 Å². The summed E-state index contributed by atoms with van der Waals surface area (Å²) in [6.07, 6.45) is 2.30. The van der Waals surface area contributed by atoms with Gasteiger partial charge in [0.1, 0.15) is 18.1 Å². The summed E-state index contributed by atoms with van der Waals surface area (Å²) in [5.41, 5.74) is 12.3. The Hall–Kier alpha value is -2.98. The van der Waals surface area contributed by atoms with Crippen LogP contribution in [0.4, 0.5) is 0 Å². The normalized spacial score (nSPS) is 14.6. The van der Waals surface area contributed by atoms with Gasteiger partial charge < -0.3 is 32.5 Å².